The Morgan fingerprint density at radius 3 is 2.73 bits per heavy atom. The van der Waals surface area contributed by atoms with Crippen LogP contribution in [0.5, 0.6) is 0 Å². The second-order valence-corrected chi connectivity index (χ2v) is 6.12. The molecule has 0 saturated heterocycles. The highest BCUT2D eigenvalue weighted by atomic mass is 16.6. The van der Waals surface area contributed by atoms with E-state index in [9.17, 15) is 4.79 Å². The van der Waals surface area contributed by atoms with Gasteiger partial charge in [0, 0.05) is 11.8 Å². The molecule has 3 heterocycles. The summed E-state index contributed by atoms with van der Waals surface area (Å²) in [7, 11) is 0. The lowest BCUT2D eigenvalue weighted by molar-refractivity contribution is -0.129. The second-order valence-electron chi connectivity index (χ2n) is 6.12. The molecule has 0 fully saturated rings. The first-order valence-electron chi connectivity index (χ1n) is 8.25. The molecule has 26 heavy (non-hydrogen) atoms. The third-order valence-corrected chi connectivity index (χ3v) is 4.04. The molecule has 6 heteroatoms. The number of cyclic esters (lactones) is 1. The zero-order valence-electron chi connectivity index (χ0n) is 14.5. The first kappa shape index (κ1) is 16.1. The predicted octanol–water partition coefficient (Wildman–Crippen LogP) is 3.49. The lowest BCUT2D eigenvalue weighted by Crippen LogP contribution is -2.05. The maximum absolute atomic E-state index is 12.1. The van der Waals surface area contributed by atoms with E-state index in [0.29, 0.717) is 17.9 Å². The average molecular weight is 347 g/mol. The van der Waals surface area contributed by atoms with Crippen LogP contribution in [0.2, 0.25) is 0 Å². The topological polar surface area (TPSA) is 69.6 Å². The lowest BCUT2D eigenvalue weighted by atomic mass is 10.2. The predicted molar refractivity (Wildman–Crippen MR) is 96.6 cm³/mol. The quantitative estimate of drug-likeness (QED) is 0.535. The number of aryl methyl sites for hydroxylation is 2. The Morgan fingerprint density at radius 1 is 1.19 bits per heavy atom. The molecule has 0 bridgehead atoms. The smallest absolute Gasteiger partial charge is 0.363 e. The van der Waals surface area contributed by atoms with E-state index in [1.165, 1.54) is 0 Å². The number of aromatic nitrogens is 2. The standard InChI is InChI=1S/C20H17N3O3/c1-13-8-17(14(2)25-13)19-22-18(20(24)26-19)9-16-10-21-23(12-16)11-15-6-4-3-5-7-15/h3-10,12H,11H2,1-2H3/b18-9-. The van der Waals surface area contributed by atoms with Gasteiger partial charge in [-0.15, -0.1) is 0 Å². The van der Waals surface area contributed by atoms with Gasteiger partial charge < -0.3 is 9.15 Å². The molecule has 0 atom stereocenters. The van der Waals surface area contributed by atoms with Gasteiger partial charge in [-0.2, -0.15) is 5.10 Å². The summed E-state index contributed by atoms with van der Waals surface area (Å²) in [6, 6.07) is 11.9. The summed E-state index contributed by atoms with van der Waals surface area (Å²) in [5.41, 5.74) is 2.88. The van der Waals surface area contributed by atoms with Crippen molar-refractivity contribution in [3.8, 4) is 0 Å². The molecule has 3 aromatic rings. The van der Waals surface area contributed by atoms with Crippen molar-refractivity contribution in [2.75, 3.05) is 0 Å². The van der Waals surface area contributed by atoms with Crippen LogP contribution in [-0.2, 0) is 16.1 Å². The Hall–Kier alpha value is -3.41. The number of esters is 1. The molecule has 0 spiro atoms. The minimum Gasteiger partial charge on any atom is -0.466 e. The zero-order chi connectivity index (χ0) is 18.1. The highest BCUT2D eigenvalue weighted by Gasteiger charge is 2.26. The van der Waals surface area contributed by atoms with Gasteiger partial charge in [0.05, 0.1) is 18.3 Å². The van der Waals surface area contributed by atoms with Gasteiger partial charge in [-0.1, -0.05) is 30.3 Å². The second kappa shape index (κ2) is 6.48. The number of benzene rings is 1. The summed E-state index contributed by atoms with van der Waals surface area (Å²) < 4.78 is 12.6. The third-order valence-electron chi connectivity index (χ3n) is 4.04. The summed E-state index contributed by atoms with van der Waals surface area (Å²) in [5, 5.41) is 4.33. The molecule has 0 amide bonds. The molecular weight excluding hydrogens is 330 g/mol. The van der Waals surface area contributed by atoms with E-state index >= 15 is 0 Å². The summed E-state index contributed by atoms with van der Waals surface area (Å²) in [4.78, 5) is 16.4. The number of nitrogens with zero attached hydrogens (tertiary/aromatic N) is 3. The zero-order valence-corrected chi connectivity index (χ0v) is 14.5. The minimum atomic E-state index is -0.478. The first-order valence-corrected chi connectivity index (χ1v) is 8.25. The minimum absolute atomic E-state index is 0.248. The maximum Gasteiger partial charge on any atom is 0.363 e. The molecule has 1 aliphatic heterocycles. The van der Waals surface area contributed by atoms with E-state index in [0.717, 1.165) is 16.9 Å². The highest BCUT2D eigenvalue weighted by molar-refractivity contribution is 6.13. The normalized spacial score (nSPS) is 15.4. The van der Waals surface area contributed by atoms with Gasteiger partial charge in [-0.3, -0.25) is 4.68 Å². The SMILES string of the molecule is Cc1cc(C2=N/C(=C\c3cnn(Cc4ccccc4)c3)C(=O)O2)c(C)o1. The fraction of sp³-hybridized carbons (Fsp3) is 0.150. The molecule has 4 rings (SSSR count). The molecule has 0 saturated carbocycles. The van der Waals surface area contributed by atoms with E-state index in [1.807, 2.05) is 61.1 Å². The molecule has 0 radical (unpaired) electrons. The fourth-order valence-electron chi connectivity index (χ4n) is 2.84. The Balaban J connectivity index is 1.56. The van der Waals surface area contributed by atoms with E-state index in [4.69, 9.17) is 9.15 Å². The molecule has 6 nitrogen and oxygen atoms in total. The van der Waals surface area contributed by atoms with E-state index in [1.54, 1.807) is 12.3 Å². The largest absolute Gasteiger partial charge is 0.466 e. The molecule has 130 valence electrons. The Morgan fingerprint density at radius 2 is 2.00 bits per heavy atom. The van der Waals surface area contributed by atoms with E-state index < -0.39 is 5.97 Å². The number of carbonyl (C=O) groups excluding carboxylic acids is 1. The molecule has 1 aliphatic rings. The van der Waals surface area contributed by atoms with Gasteiger partial charge >= 0.3 is 5.97 Å². The van der Waals surface area contributed by atoms with Crippen LogP contribution < -0.4 is 0 Å². The number of ether oxygens (including phenoxy) is 1. The van der Waals surface area contributed by atoms with Crippen molar-refractivity contribution in [1.29, 1.82) is 0 Å². The maximum atomic E-state index is 12.1. The van der Waals surface area contributed by atoms with Crippen LogP contribution in [0.15, 0.2) is 63.9 Å². The van der Waals surface area contributed by atoms with Gasteiger partial charge in [0.25, 0.3) is 0 Å². The van der Waals surface area contributed by atoms with Crippen molar-refractivity contribution < 1.29 is 13.9 Å². The van der Waals surface area contributed by atoms with Crippen LogP contribution in [0.25, 0.3) is 6.08 Å². The van der Waals surface area contributed by atoms with Crippen LogP contribution in [0.3, 0.4) is 0 Å². The number of carbonyl (C=O) groups is 1. The van der Waals surface area contributed by atoms with Crippen LogP contribution in [-0.4, -0.2) is 21.6 Å². The highest BCUT2D eigenvalue weighted by Crippen LogP contribution is 2.23. The average Bonchev–Trinajstić information content (AvgIpc) is 3.29. The van der Waals surface area contributed by atoms with Crippen LogP contribution in [0.4, 0.5) is 0 Å². The van der Waals surface area contributed by atoms with Gasteiger partial charge in [0.15, 0.2) is 5.70 Å². The van der Waals surface area contributed by atoms with E-state index in [-0.39, 0.29) is 11.6 Å². The number of furan rings is 1. The van der Waals surface area contributed by atoms with Crippen molar-refractivity contribution in [3.05, 3.63) is 82.7 Å². The van der Waals surface area contributed by atoms with Gasteiger partial charge in [-0.05, 0) is 31.6 Å². The molecule has 0 N–H and O–H groups in total. The Kier molecular flexibility index (Phi) is 4.01. The van der Waals surface area contributed by atoms with Crippen molar-refractivity contribution >= 4 is 17.9 Å². The summed E-state index contributed by atoms with van der Waals surface area (Å²) in [6.45, 7) is 4.32. The first-order chi connectivity index (χ1) is 12.6. The van der Waals surface area contributed by atoms with Crippen LogP contribution in [0.1, 0.15) is 28.2 Å². The molecule has 2 aromatic heterocycles. The van der Waals surface area contributed by atoms with Crippen molar-refractivity contribution in [1.82, 2.24) is 9.78 Å². The number of aliphatic imine (C=N–C) groups is 1. The monoisotopic (exact) mass is 347 g/mol. The van der Waals surface area contributed by atoms with Crippen LogP contribution >= 0.6 is 0 Å². The number of hydrogen-bond acceptors (Lipinski definition) is 5. The van der Waals surface area contributed by atoms with Crippen molar-refractivity contribution in [2.45, 2.75) is 20.4 Å². The summed E-state index contributed by atoms with van der Waals surface area (Å²) in [5.74, 6) is 1.21. The Bertz CT molecular complexity index is 1030. The lowest BCUT2D eigenvalue weighted by Gasteiger charge is -2.00. The third kappa shape index (κ3) is 3.21. The summed E-state index contributed by atoms with van der Waals surface area (Å²) >= 11 is 0. The molecule has 0 unspecified atom stereocenters. The van der Waals surface area contributed by atoms with Gasteiger partial charge in [0.1, 0.15) is 11.5 Å². The van der Waals surface area contributed by atoms with Gasteiger partial charge in [-0.25, -0.2) is 9.79 Å². The Labute approximate surface area is 150 Å². The summed E-state index contributed by atoms with van der Waals surface area (Å²) in [6.07, 6.45) is 5.24. The molecule has 1 aromatic carbocycles. The van der Waals surface area contributed by atoms with Crippen LogP contribution in [0, 0.1) is 13.8 Å². The fourth-order valence-corrected chi connectivity index (χ4v) is 2.84. The van der Waals surface area contributed by atoms with Crippen molar-refractivity contribution in [3.63, 3.8) is 0 Å². The number of rotatable bonds is 4. The van der Waals surface area contributed by atoms with Crippen molar-refractivity contribution in [2.24, 2.45) is 4.99 Å². The molecule has 0 aliphatic carbocycles. The number of hydrogen-bond donors (Lipinski definition) is 0. The molecular formula is C20H17N3O3. The van der Waals surface area contributed by atoms with Gasteiger partial charge in [0.2, 0.25) is 5.90 Å². The van der Waals surface area contributed by atoms with E-state index in [2.05, 4.69) is 10.1 Å².